The normalized spacial score (nSPS) is 18.3. The lowest BCUT2D eigenvalue weighted by molar-refractivity contribution is -0.142. The number of carbonyl (C=O) groups is 1. The van der Waals surface area contributed by atoms with Crippen LogP contribution in [0.5, 0.6) is 0 Å². The highest BCUT2D eigenvalue weighted by Gasteiger charge is 2.14. The van der Waals surface area contributed by atoms with Gasteiger partial charge in [-0.15, -0.1) is 0 Å². The van der Waals surface area contributed by atoms with E-state index >= 15 is 0 Å². The topological polar surface area (TPSA) is 56.1 Å². The van der Waals surface area contributed by atoms with Crippen LogP contribution in [0.25, 0.3) is 0 Å². The van der Waals surface area contributed by atoms with Gasteiger partial charge in [-0.3, -0.25) is 4.79 Å². The fraction of sp³-hybridized carbons (Fsp3) is 0.600. The van der Waals surface area contributed by atoms with Crippen molar-refractivity contribution in [2.24, 2.45) is 5.10 Å². The molecule has 5 heteroatoms. The van der Waals surface area contributed by atoms with Gasteiger partial charge in [0, 0.05) is 13.3 Å². The standard InChI is InChI=1S/C5H9N3O2/c1-7-3-2-6-8(7)4-5(9)10/h2H,3-4H2,1H3,(H,9,10). The zero-order valence-electron chi connectivity index (χ0n) is 5.69. The van der Waals surface area contributed by atoms with E-state index in [9.17, 15) is 4.79 Å². The first-order chi connectivity index (χ1) is 4.70. The van der Waals surface area contributed by atoms with Crippen LogP contribution in [0.2, 0.25) is 0 Å². The van der Waals surface area contributed by atoms with Gasteiger partial charge >= 0.3 is 5.97 Å². The van der Waals surface area contributed by atoms with Gasteiger partial charge in [0.2, 0.25) is 0 Å². The van der Waals surface area contributed by atoms with Gasteiger partial charge in [-0.25, -0.2) is 10.1 Å². The third-order valence-electron chi connectivity index (χ3n) is 1.23. The number of hydrazone groups is 1. The zero-order valence-corrected chi connectivity index (χ0v) is 5.69. The molecule has 0 aliphatic carbocycles. The molecule has 5 nitrogen and oxygen atoms in total. The van der Waals surface area contributed by atoms with Crippen molar-refractivity contribution in [3.63, 3.8) is 0 Å². The molecule has 1 heterocycles. The van der Waals surface area contributed by atoms with E-state index in [1.54, 1.807) is 18.3 Å². The summed E-state index contributed by atoms with van der Waals surface area (Å²) in [4.78, 5) is 10.2. The van der Waals surface area contributed by atoms with Crippen LogP contribution in [0.15, 0.2) is 5.10 Å². The number of hydrogen-bond acceptors (Lipinski definition) is 4. The number of carboxylic acid groups (broad SMARTS) is 1. The molecule has 0 unspecified atom stereocenters. The summed E-state index contributed by atoms with van der Waals surface area (Å²) >= 11 is 0. The molecule has 0 fully saturated rings. The van der Waals surface area contributed by atoms with Crippen LogP contribution in [-0.4, -0.2) is 47.6 Å². The van der Waals surface area contributed by atoms with Crippen molar-refractivity contribution in [3.8, 4) is 0 Å². The van der Waals surface area contributed by atoms with Crippen LogP contribution in [0, 0.1) is 0 Å². The molecule has 0 atom stereocenters. The molecule has 0 aromatic heterocycles. The molecule has 1 rings (SSSR count). The second-order valence-electron chi connectivity index (χ2n) is 2.06. The number of nitrogens with zero attached hydrogens (tertiary/aromatic N) is 3. The molecular weight excluding hydrogens is 134 g/mol. The molecule has 0 aromatic rings. The lowest BCUT2D eigenvalue weighted by atomic mass is 10.7. The summed E-state index contributed by atoms with van der Waals surface area (Å²) in [6.45, 7) is 0.625. The zero-order chi connectivity index (χ0) is 7.56. The molecule has 1 N–H and O–H groups in total. The van der Waals surface area contributed by atoms with Gasteiger partial charge in [0.05, 0.1) is 6.54 Å². The third-order valence-corrected chi connectivity index (χ3v) is 1.23. The van der Waals surface area contributed by atoms with Gasteiger partial charge < -0.3 is 5.11 Å². The highest BCUT2D eigenvalue weighted by molar-refractivity contribution is 5.70. The molecular formula is C5H9N3O2. The summed E-state index contributed by atoms with van der Waals surface area (Å²) in [5, 5.41) is 15.3. The molecule has 0 bridgehead atoms. The molecule has 0 radical (unpaired) electrons. The van der Waals surface area contributed by atoms with E-state index in [4.69, 9.17) is 5.11 Å². The third kappa shape index (κ3) is 1.44. The first-order valence-electron chi connectivity index (χ1n) is 2.93. The quantitative estimate of drug-likeness (QED) is 0.551. The second-order valence-corrected chi connectivity index (χ2v) is 2.06. The summed E-state index contributed by atoms with van der Waals surface area (Å²) in [6.07, 6.45) is 1.67. The molecule has 56 valence electrons. The molecule has 10 heavy (non-hydrogen) atoms. The Morgan fingerprint density at radius 3 is 3.00 bits per heavy atom. The smallest absolute Gasteiger partial charge is 0.326 e. The summed E-state index contributed by atoms with van der Waals surface area (Å²) in [5.41, 5.74) is 0. The van der Waals surface area contributed by atoms with E-state index in [2.05, 4.69) is 5.10 Å². The van der Waals surface area contributed by atoms with Gasteiger partial charge in [0.15, 0.2) is 6.54 Å². The summed E-state index contributed by atoms with van der Waals surface area (Å²) < 4.78 is 0. The van der Waals surface area contributed by atoms with Gasteiger partial charge in [-0.1, -0.05) is 0 Å². The Labute approximate surface area is 58.5 Å². The van der Waals surface area contributed by atoms with Crippen molar-refractivity contribution in [1.82, 2.24) is 10.1 Å². The minimum atomic E-state index is -0.870. The van der Waals surface area contributed by atoms with Crippen LogP contribution in [0.4, 0.5) is 0 Å². The number of carboxylic acids is 1. The van der Waals surface area contributed by atoms with E-state index in [0.29, 0.717) is 6.54 Å². The fourth-order valence-corrected chi connectivity index (χ4v) is 0.714. The van der Waals surface area contributed by atoms with Crippen molar-refractivity contribution in [3.05, 3.63) is 0 Å². The minimum absolute atomic E-state index is 0.0625. The Kier molecular flexibility index (Phi) is 1.86. The molecule has 0 amide bonds. The van der Waals surface area contributed by atoms with E-state index in [1.807, 2.05) is 0 Å². The maximum absolute atomic E-state index is 10.2. The van der Waals surface area contributed by atoms with Gasteiger partial charge in [-0.05, 0) is 0 Å². The highest BCUT2D eigenvalue weighted by atomic mass is 16.4. The van der Waals surface area contributed by atoms with Crippen LogP contribution in [0.1, 0.15) is 0 Å². The lowest BCUT2D eigenvalue weighted by Gasteiger charge is -2.19. The number of hydrogen-bond donors (Lipinski definition) is 1. The van der Waals surface area contributed by atoms with Crippen molar-refractivity contribution in [2.75, 3.05) is 20.1 Å². The minimum Gasteiger partial charge on any atom is -0.480 e. The Hall–Kier alpha value is -1.10. The lowest BCUT2D eigenvalue weighted by Crippen LogP contribution is -2.35. The van der Waals surface area contributed by atoms with E-state index in [-0.39, 0.29) is 6.54 Å². The van der Waals surface area contributed by atoms with Gasteiger partial charge in [0.25, 0.3) is 0 Å². The maximum Gasteiger partial charge on any atom is 0.326 e. The molecule has 0 saturated heterocycles. The van der Waals surface area contributed by atoms with E-state index in [0.717, 1.165) is 0 Å². The van der Waals surface area contributed by atoms with Crippen molar-refractivity contribution >= 4 is 12.2 Å². The molecule has 1 aliphatic heterocycles. The Morgan fingerprint density at radius 1 is 1.90 bits per heavy atom. The van der Waals surface area contributed by atoms with Crippen LogP contribution < -0.4 is 0 Å². The van der Waals surface area contributed by atoms with Crippen LogP contribution in [0.3, 0.4) is 0 Å². The van der Waals surface area contributed by atoms with Gasteiger partial charge in [0.1, 0.15) is 0 Å². The second kappa shape index (κ2) is 2.66. The fourth-order valence-electron chi connectivity index (χ4n) is 0.714. The maximum atomic E-state index is 10.2. The predicted molar refractivity (Wildman–Crippen MR) is 35.5 cm³/mol. The van der Waals surface area contributed by atoms with Gasteiger partial charge in [-0.2, -0.15) is 5.10 Å². The van der Waals surface area contributed by atoms with Crippen LogP contribution in [-0.2, 0) is 4.79 Å². The number of aliphatic carboxylic acids is 1. The average molecular weight is 143 g/mol. The Balaban J connectivity index is 2.40. The number of rotatable bonds is 2. The SMILES string of the molecule is CN1CC=NN1CC(=O)O. The van der Waals surface area contributed by atoms with E-state index in [1.165, 1.54) is 5.12 Å². The molecule has 0 saturated carbocycles. The Bertz CT molecular complexity index is 168. The van der Waals surface area contributed by atoms with Crippen LogP contribution >= 0.6 is 0 Å². The van der Waals surface area contributed by atoms with Crippen molar-refractivity contribution in [1.29, 1.82) is 0 Å². The predicted octanol–water partition coefficient (Wildman–Crippen LogP) is -0.781. The largest absolute Gasteiger partial charge is 0.480 e. The van der Waals surface area contributed by atoms with Crippen molar-refractivity contribution in [2.45, 2.75) is 0 Å². The highest BCUT2D eigenvalue weighted by Crippen LogP contribution is 1.99. The first-order valence-corrected chi connectivity index (χ1v) is 2.93. The van der Waals surface area contributed by atoms with E-state index < -0.39 is 5.97 Å². The molecule has 0 spiro atoms. The summed E-state index contributed by atoms with van der Waals surface area (Å²) in [6, 6.07) is 0. The Morgan fingerprint density at radius 2 is 2.60 bits per heavy atom. The summed E-state index contributed by atoms with van der Waals surface area (Å²) in [5.74, 6) is -0.870. The van der Waals surface area contributed by atoms with Crippen molar-refractivity contribution < 1.29 is 9.90 Å². The summed E-state index contributed by atoms with van der Waals surface area (Å²) in [7, 11) is 1.79. The molecule has 0 aromatic carbocycles. The average Bonchev–Trinajstić information content (AvgIpc) is 2.15. The molecule has 1 aliphatic rings. The number of hydrazine groups is 1. The monoisotopic (exact) mass is 143 g/mol. The first kappa shape index (κ1) is 7.01.